The Morgan fingerprint density at radius 1 is 1.27 bits per heavy atom. The highest BCUT2D eigenvalue weighted by Crippen LogP contribution is 2.22. The quantitative estimate of drug-likeness (QED) is 0.827. The summed E-state index contributed by atoms with van der Waals surface area (Å²) in [5.41, 5.74) is 5.76. The van der Waals surface area contributed by atoms with Gasteiger partial charge in [0.05, 0.1) is 0 Å². The van der Waals surface area contributed by atoms with Crippen LogP contribution in [0, 0.1) is 11.6 Å². The molecule has 0 saturated carbocycles. The van der Waals surface area contributed by atoms with Crippen molar-refractivity contribution in [1.82, 2.24) is 0 Å². The smallest absolute Gasteiger partial charge is 0.162 e. The van der Waals surface area contributed by atoms with Crippen molar-refractivity contribution in [2.45, 2.75) is 32.5 Å². The standard InChI is InChI=1S/C11H14F3N/c1-6(15)3-9-4-8(7(2)12)5-10(13)11(9)14/h4-7H,3,15H2,1-2H3. The van der Waals surface area contributed by atoms with E-state index in [1.54, 1.807) is 6.92 Å². The molecule has 15 heavy (non-hydrogen) atoms. The molecule has 0 spiro atoms. The summed E-state index contributed by atoms with van der Waals surface area (Å²) >= 11 is 0. The molecule has 0 fully saturated rings. The number of rotatable bonds is 3. The summed E-state index contributed by atoms with van der Waals surface area (Å²) in [5, 5.41) is 0. The molecule has 2 N–H and O–H groups in total. The summed E-state index contributed by atoms with van der Waals surface area (Å²) in [6.45, 7) is 2.96. The fourth-order valence-electron chi connectivity index (χ4n) is 1.39. The van der Waals surface area contributed by atoms with Crippen molar-refractivity contribution >= 4 is 0 Å². The van der Waals surface area contributed by atoms with Gasteiger partial charge in [-0.1, -0.05) is 0 Å². The van der Waals surface area contributed by atoms with Gasteiger partial charge in [0, 0.05) is 6.04 Å². The van der Waals surface area contributed by atoms with Crippen molar-refractivity contribution in [2.75, 3.05) is 0 Å². The molecule has 1 aromatic rings. The van der Waals surface area contributed by atoms with Crippen molar-refractivity contribution in [3.8, 4) is 0 Å². The molecule has 0 bridgehead atoms. The fraction of sp³-hybridized carbons (Fsp3) is 0.455. The molecule has 1 aromatic carbocycles. The zero-order valence-electron chi connectivity index (χ0n) is 8.73. The Labute approximate surface area is 87.1 Å². The van der Waals surface area contributed by atoms with Gasteiger partial charge in [-0.3, -0.25) is 0 Å². The highest BCUT2D eigenvalue weighted by molar-refractivity contribution is 5.28. The highest BCUT2D eigenvalue weighted by Gasteiger charge is 2.14. The Kier molecular flexibility index (Phi) is 3.74. The van der Waals surface area contributed by atoms with E-state index in [1.807, 2.05) is 0 Å². The lowest BCUT2D eigenvalue weighted by molar-refractivity contribution is 0.370. The van der Waals surface area contributed by atoms with Crippen LogP contribution in [0.4, 0.5) is 13.2 Å². The second kappa shape index (κ2) is 4.66. The third-order valence-electron chi connectivity index (χ3n) is 2.13. The lowest BCUT2D eigenvalue weighted by Crippen LogP contribution is -2.19. The Hall–Kier alpha value is -1.03. The van der Waals surface area contributed by atoms with Crippen molar-refractivity contribution in [3.05, 3.63) is 34.9 Å². The first-order valence-corrected chi connectivity index (χ1v) is 4.79. The molecular formula is C11H14F3N. The van der Waals surface area contributed by atoms with Gasteiger partial charge < -0.3 is 5.73 Å². The molecule has 0 heterocycles. The first kappa shape index (κ1) is 12.0. The van der Waals surface area contributed by atoms with Crippen molar-refractivity contribution in [3.63, 3.8) is 0 Å². The van der Waals surface area contributed by atoms with Crippen LogP contribution >= 0.6 is 0 Å². The van der Waals surface area contributed by atoms with E-state index in [4.69, 9.17) is 5.73 Å². The summed E-state index contributed by atoms with van der Waals surface area (Å²) in [5.74, 6) is -1.95. The maximum atomic E-state index is 13.3. The lowest BCUT2D eigenvalue weighted by atomic mass is 10.0. The monoisotopic (exact) mass is 217 g/mol. The van der Waals surface area contributed by atoms with E-state index in [0.29, 0.717) is 0 Å². The molecule has 2 unspecified atom stereocenters. The van der Waals surface area contributed by atoms with Crippen LogP contribution in [0.5, 0.6) is 0 Å². The largest absolute Gasteiger partial charge is 0.328 e. The van der Waals surface area contributed by atoms with Crippen molar-refractivity contribution in [1.29, 1.82) is 0 Å². The van der Waals surface area contributed by atoms with Gasteiger partial charge >= 0.3 is 0 Å². The zero-order valence-corrected chi connectivity index (χ0v) is 8.73. The number of alkyl halides is 1. The van der Waals surface area contributed by atoms with Gasteiger partial charge in [-0.15, -0.1) is 0 Å². The number of halogens is 3. The molecule has 0 amide bonds. The minimum atomic E-state index is -1.31. The topological polar surface area (TPSA) is 26.0 Å². The summed E-state index contributed by atoms with van der Waals surface area (Å²) in [6, 6.07) is 1.92. The first-order chi connectivity index (χ1) is 6.91. The molecule has 0 saturated heterocycles. The molecule has 2 atom stereocenters. The summed E-state index contributed by atoms with van der Waals surface area (Å²) < 4.78 is 39.3. The van der Waals surface area contributed by atoms with Gasteiger partial charge in [-0.05, 0) is 43.5 Å². The van der Waals surface area contributed by atoms with E-state index < -0.39 is 17.8 Å². The summed E-state index contributed by atoms with van der Waals surface area (Å²) in [4.78, 5) is 0. The highest BCUT2D eigenvalue weighted by atomic mass is 19.2. The SMILES string of the molecule is CC(N)Cc1cc(C(C)F)cc(F)c1F. The normalized spacial score (nSPS) is 15.1. The molecule has 0 radical (unpaired) electrons. The van der Waals surface area contributed by atoms with Crippen LogP contribution in [0.2, 0.25) is 0 Å². The number of hydrogen-bond donors (Lipinski definition) is 1. The van der Waals surface area contributed by atoms with Crippen LogP contribution in [0.25, 0.3) is 0 Å². The predicted octanol–water partition coefficient (Wildman–Crippen LogP) is 2.89. The molecule has 0 aliphatic carbocycles. The van der Waals surface area contributed by atoms with E-state index in [1.165, 1.54) is 13.0 Å². The van der Waals surface area contributed by atoms with Gasteiger partial charge in [0.25, 0.3) is 0 Å². The van der Waals surface area contributed by atoms with Gasteiger partial charge in [0.1, 0.15) is 6.17 Å². The molecule has 84 valence electrons. The van der Waals surface area contributed by atoms with E-state index in [0.717, 1.165) is 6.07 Å². The van der Waals surface area contributed by atoms with Crippen molar-refractivity contribution in [2.24, 2.45) is 5.73 Å². The minimum absolute atomic E-state index is 0.129. The zero-order chi connectivity index (χ0) is 11.6. The molecule has 4 heteroatoms. The van der Waals surface area contributed by atoms with E-state index in [2.05, 4.69) is 0 Å². The van der Waals surface area contributed by atoms with Crippen LogP contribution in [-0.4, -0.2) is 6.04 Å². The number of benzene rings is 1. The molecule has 1 nitrogen and oxygen atoms in total. The van der Waals surface area contributed by atoms with Gasteiger partial charge in [-0.25, -0.2) is 13.2 Å². The van der Waals surface area contributed by atoms with Crippen LogP contribution in [-0.2, 0) is 6.42 Å². The number of nitrogens with two attached hydrogens (primary N) is 1. The maximum absolute atomic E-state index is 13.3. The maximum Gasteiger partial charge on any atom is 0.162 e. The Balaban J connectivity index is 3.13. The summed E-state index contributed by atoms with van der Waals surface area (Å²) in [6.07, 6.45) is -1.12. The van der Waals surface area contributed by atoms with Crippen molar-refractivity contribution < 1.29 is 13.2 Å². The predicted molar refractivity (Wildman–Crippen MR) is 53.2 cm³/mol. The Morgan fingerprint density at radius 2 is 1.87 bits per heavy atom. The Bertz CT molecular complexity index is 348. The minimum Gasteiger partial charge on any atom is -0.328 e. The third kappa shape index (κ3) is 2.96. The van der Waals surface area contributed by atoms with Gasteiger partial charge in [-0.2, -0.15) is 0 Å². The van der Waals surface area contributed by atoms with E-state index in [9.17, 15) is 13.2 Å². The van der Waals surface area contributed by atoms with E-state index in [-0.39, 0.29) is 23.6 Å². The molecular weight excluding hydrogens is 203 g/mol. The molecule has 0 aliphatic rings. The van der Waals surface area contributed by atoms with Crippen LogP contribution in [0.3, 0.4) is 0 Å². The second-order valence-electron chi connectivity index (χ2n) is 3.77. The lowest BCUT2D eigenvalue weighted by Gasteiger charge is -2.10. The second-order valence-corrected chi connectivity index (χ2v) is 3.77. The van der Waals surface area contributed by atoms with Crippen LogP contribution in [0.15, 0.2) is 12.1 Å². The summed E-state index contributed by atoms with van der Waals surface area (Å²) in [7, 11) is 0. The van der Waals surface area contributed by atoms with Gasteiger partial charge in [0.2, 0.25) is 0 Å². The molecule has 0 aliphatic heterocycles. The third-order valence-corrected chi connectivity index (χ3v) is 2.13. The first-order valence-electron chi connectivity index (χ1n) is 4.79. The average Bonchev–Trinajstić information content (AvgIpc) is 2.11. The number of hydrogen-bond acceptors (Lipinski definition) is 1. The Morgan fingerprint density at radius 3 is 2.33 bits per heavy atom. The van der Waals surface area contributed by atoms with E-state index >= 15 is 0 Å². The average molecular weight is 217 g/mol. The molecule has 0 aromatic heterocycles. The van der Waals surface area contributed by atoms with Gasteiger partial charge in [0.15, 0.2) is 11.6 Å². The fourth-order valence-corrected chi connectivity index (χ4v) is 1.39. The van der Waals surface area contributed by atoms with Crippen LogP contribution < -0.4 is 5.73 Å². The van der Waals surface area contributed by atoms with Crippen LogP contribution in [0.1, 0.15) is 31.1 Å². The molecule has 1 rings (SSSR count).